The first-order chi connectivity index (χ1) is 28.6. The lowest BCUT2D eigenvalue weighted by Crippen LogP contribution is -2.14. The molecule has 0 unspecified atom stereocenters. The fraction of sp³-hybridized carbons (Fsp3) is 0.162. The average molecular weight is 879 g/mol. The Morgan fingerprint density at radius 1 is 0.661 bits per heavy atom. The Bertz CT molecular complexity index is 2830. The van der Waals surface area contributed by atoms with Gasteiger partial charge in [0.05, 0.1) is 77.5 Å². The zero-order valence-electron chi connectivity index (χ0n) is 31.4. The molecule has 0 fully saturated rings. The standard InChI is InChI=1S/C20H16Cl2N6O4.C17H12Cl2N6O2/c1-4-32-20(29)17-27-26-16(10-6-5-7-23-9-10)28(17)15-13(22)11(21)8-12-14(15)25-19(31-3)18(24-12)30-2;1-26-16-17(27-2)23-13-11(22-16)6-10(18)12(19)14(13)25-8-21-24-15(25)9-4-3-5-20-7-9/h5-9H,4H2,1-3H3;3-8H,1-2H3. The summed E-state index contributed by atoms with van der Waals surface area (Å²) in [4.78, 5) is 38.8. The van der Waals surface area contributed by atoms with E-state index in [2.05, 4.69) is 50.3 Å². The number of esters is 1. The minimum absolute atomic E-state index is 0.108. The van der Waals surface area contributed by atoms with Crippen LogP contribution in [0.25, 0.3) is 56.2 Å². The summed E-state index contributed by atoms with van der Waals surface area (Å²) in [6, 6.07) is 10.3. The first kappa shape index (κ1) is 40.7. The normalized spacial score (nSPS) is 10.9. The van der Waals surface area contributed by atoms with E-state index in [4.69, 9.17) is 70.1 Å². The highest BCUT2D eigenvalue weighted by Gasteiger charge is 2.28. The SMILES string of the molecule is CCOC(=O)c1nnc(-c2cccnc2)n1-c1c(Cl)c(Cl)cc2nc(OC)c(OC)nc12.COc1nc2cc(Cl)c(Cl)c(-n3cnnc3-c3cccnc3)c2nc1OC. The molecule has 6 aromatic heterocycles. The predicted octanol–water partition coefficient (Wildman–Crippen LogP) is 7.37. The number of carbonyl (C=O) groups is 1. The first-order valence-corrected chi connectivity index (χ1v) is 18.5. The smallest absolute Gasteiger partial charge is 0.376 e. The number of ether oxygens (including phenoxy) is 5. The van der Waals surface area contributed by atoms with Gasteiger partial charge in [0.1, 0.15) is 17.4 Å². The molecule has 0 spiro atoms. The lowest BCUT2D eigenvalue weighted by Gasteiger charge is -2.16. The number of aromatic nitrogens is 12. The van der Waals surface area contributed by atoms with E-state index in [1.54, 1.807) is 60.5 Å². The lowest BCUT2D eigenvalue weighted by molar-refractivity contribution is 0.0509. The number of halogens is 4. The van der Waals surface area contributed by atoms with Gasteiger partial charge in [-0.2, -0.15) is 0 Å². The average Bonchev–Trinajstić information content (AvgIpc) is 3.93. The molecule has 2 aromatic carbocycles. The van der Waals surface area contributed by atoms with Crippen molar-refractivity contribution in [2.75, 3.05) is 35.0 Å². The van der Waals surface area contributed by atoms with E-state index < -0.39 is 5.97 Å². The molecule has 0 atom stereocenters. The lowest BCUT2D eigenvalue weighted by atomic mass is 10.2. The van der Waals surface area contributed by atoms with Gasteiger partial charge in [-0.05, 0) is 43.3 Å². The summed E-state index contributed by atoms with van der Waals surface area (Å²) in [5.74, 6) is 0.736. The van der Waals surface area contributed by atoms with Crippen LogP contribution in [0.5, 0.6) is 23.5 Å². The van der Waals surface area contributed by atoms with Crippen molar-refractivity contribution in [1.29, 1.82) is 0 Å². The number of rotatable bonds is 10. The van der Waals surface area contributed by atoms with Gasteiger partial charge < -0.3 is 23.7 Å². The molecule has 300 valence electrons. The van der Waals surface area contributed by atoms with Gasteiger partial charge in [0.15, 0.2) is 11.6 Å². The maximum atomic E-state index is 12.7. The second-order valence-electron chi connectivity index (χ2n) is 11.7. The van der Waals surface area contributed by atoms with Crippen LogP contribution in [0.15, 0.2) is 67.5 Å². The molecule has 0 bridgehead atoms. The molecule has 8 aromatic rings. The maximum Gasteiger partial charge on any atom is 0.376 e. The van der Waals surface area contributed by atoms with Crippen LogP contribution >= 0.6 is 46.4 Å². The summed E-state index contributed by atoms with van der Waals surface area (Å²) < 4.78 is 29.3. The van der Waals surface area contributed by atoms with Crippen molar-refractivity contribution in [2.24, 2.45) is 0 Å². The molecule has 22 heteroatoms. The van der Waals surface area contributed by atoms with Crippen molar-refractivity contribution in [1.82, 2.24) is 59.4 Å². The number of methoxy groups -OCH3 is 4. The van der Waals surface area contributed by atoms with Crippen LogP contribution < -0.4 is 18.9 Å². The van der Waals surface area contributed by atoms with Gasteiger partial charge in [-0.15, -0.1) is 20.4 Å². The van der Waals surface area contributed by atoms with Gasteiger partial charge in [0, 0.05) is 35.9 Å². The minimum atomic E-state index is -0.701. The summed E-state index contributed by atoms with van der Waals surface area (Å²) in [5.41, 5.74) is 3.64. The second-order valence-corrected chi connectivity index (χ2v) is 13.2. The van der Waals surface area contributed by atoms with Gasteiger partial charge in [-0.25, -0.2) is 24.7 Å². The highest BCUT2D eigenvalue weighted by Crippen LogP contribution is 2.40. The summed E-state index contributed by atoms with van der Waals surface area (Å²) in [5, 5.41) is 17.3. The fourth-order valence-corrected chi connectivity index (χ4v) is 6.59. The highest BCUT2D eigenvalue weighted by molar-refractivity contribution is 6.45. The summed E-state index contributed by atoms with van der Waals surface area (Å²) in [7, 11) is 5.84. The third-order valence-electron chi connectivity index (χ3n) is 8.28. The number of fused-ring (bicyclic) bond motifs is 2. The molecule has 0 saturated heterocycles. The van der Waals surface area contributed by atoms with Gasteiger partial charge >= 0.3 is 5.97 Å². The van der Waals surface area contributed by atoms with Crippen LogP contribution in [0, 0.1) is 0 Å². The van der Waals surface area contributed by atoms with E-state index in [1.807, 2.05) is 6.07 Å². The molecule has 0 saturated carbocycles. The van der Waals surface area contributed by atoms with E-state index in [1.165, 1.54) is 45.4 Å². The molecule has 8 rings (SSSR count). The first-order valence-electron chi connectivity index (χ1n) is 17.0. The molecule has 0 amide bonds. The van der Waals surface area contributed by atoms with Gasteiger partial charge in [0.25, 0.3) is 23.5 Å². The van der Waals surface area contributed by atoms with Gasteiger partial charge in [0.2, 0.25) is 5.82 Å². The van der Waals surface area contributed by atoms with Crippen molar-refractivity contribution >= 4 is 74.4 Å². The largest absolute Gasteiger partial charge is 0.477 e. The monoisotopic (exact) mass is 876 g/mol. The molecule has 0 radical (unpaired) electrons. The third-order valence-corrected chi connectivity index (χ3v) is 9.83. The van der Waals surface area contributed by atoms with E-state index in [0.717, 1.165) is 5.56 Å². The van der Waals surface area contributed by atoms with E-state index in [9.17, 15) is 4.79 Å². The van der Waals surface area contributed by atoms with Crippen molar-refractivity contribution in [3.05, 3.63) is 93.4 Å². The Kier molecular flexibility index (Phi) is 12.1. The zero-order valence-corrected chi connectivity index (χ0v) is 34.4. The van der Waals surface area contributed by atoms with Crippen LogP contribution in [0.1, 0.15) is 17.5 Å². The van der Waals surface area contributed by atoms with E-state index in [0.29, 0.717) is 38.6 Å². The number of nitrogens with zero attached hydrogens (tertiary/aromatic N) is 12. The maximum absolute atomic E-state index is 12.7. The number of hydrogen-bond acceptors (Lipinski definition) is 16. The second kappa shape index (κ2) is 17.6. The quantitative estimate of drug-likeness (QED) is 0.123. The number of hydrogen-bond donors (Lipinski definition) is 0. The van der Waals surface area contributed by atoms with Crippen molar-refractivity contribution in [3.8, 4) is 57.7 Å². The van der Waals surface area contributed by atoms with Crippen LogP contribution in [0.3, 0.4) is 0 Å². The molecule has 59 heavy (non-hydrogen) atoms. The fourth-order valence-electron chi connectivity index (χ4n) is 5.74. The highest BCUT2D eigenvalue weighted by atomic mass is 35.5. The molecule has 0 aliphatic heterocycles. The molecule has 0 aliphatic rings. The summed E-state index contributed by atoms with van der Waals surface area (Å²) in [6.07, 6.45) is 8.06. The topological polar surface area (TPSA) is 202 Å². The van der Waals surface area contributed by atoms with Crippen LogP contribution in [-0.4, -0.2) is 100 Å². The summed E-state index contributed by atoms with van der Waals surface area (Å²) >= 11 is 25.9. The van der Waals surface area contributed by atoms with E-state index >= 15 is 0 Å². The minimum Gasteiger partial charge on any atom is -0.477 e. The van der Waals surface area contributed by atoms with E-state index in [-0.39, 0.29) is 68.0 Å². The van der Waals surface area contributed by atoms with Crippen LogP contribution in [0.4, 0.5) is 0 Å². The number of pyridine rings is 2. The molecular weight excluding hydrogens is 850 g/mol. The Morgan fingerprint density at radius 2 is 1.17 bits per heavy atom. The number of benzene rings is 2. The predicted molar refractivity (Wildman–Crippen MR) is 218 cm³/mol. The summed E-state index contributed by atoms with van der Waals surface area (Å²) in [6.45, 7) is 1.83. The van der Waals surface area contributed by atoms with Gasteiger partial charge in [-0.1, -0.05) is 46.4 Å². The van der Waals surface area contributed by atoms with Crippen molar-refractivity contribution < 1.29 is 28.5 Å². The zero-order chi connectivity index (χ0) is 41.8. The molecule has 6 heterocycles. The Balaban J connectivity index is 0.000000181. The number of carbonyl (C=O) groups excluding carboxylic acids is 1. The molecular formula is C37H28Cl4N12O6. The molecule has 18 nitrogen and oxygen atoms in total. The van der Waals surface area contributed by atoms with Crippen LogP contribution in [-0.2, 0) is 4.74 Å². The Hall–Kier alpha value is -6.47. The Morgan fingerprint density at radius 3 is 1.68 bits per heavy atom. The van der Waals surface area contributed by atoms with Crippen molar-refractivity contribution in [2.45, 2.75) is 6.92 Å². The molecule has 0 N–H and O–H groups in total. The third kappa shape index (κ3) is 7.77. The van der Waals surface area contributed by atoms with Gasteiger partial charge in [-0.3, -0.25) is 19.1 Å². The van der Waals surface area contributed by atoms with Crippen molar-refractivity contribution in [3.63, 3.8) is 0 Å². The van der Waals surface area contributed by atoms with Crippen LogP contribution in [0.2, 0.25) is 20.1 Å². The Labute approximate surface area is 354 Å². The molecule has 0 aliphatic carbocycles.